The van der Waals surface area contributed by atoms with Gasteiger partial charge in [-0.05, 0) is 19.1 Å². The Morgan fingerprint density at radius 2 is 1.75 bits per heavy atom. The van der Waals surface area contributed by atoms with Crippen LogP contribution in [-0.4, -0.2) is 11.7 Å². The lowest BCUT2D eigenvalue weighted by Gasteiger charge is -1.49. The molecule has 46 valence electrons. The summed E-state index contributed by atoms with van der Waals surface area (Å²) >= 11 is 0. The topological polar surface area (TPSA) is 15.8 Å². The molecule has 0 spiro atoms. The first kappa shape index (κ1) is 7.21. The second-order valence-electron chi connectivity index (χ2n) is 1.15. The summed E-state index contributed by atoms with van der Waals surface area (Å²) in [5, 5.41) is 0. The molecule has 0 saturated carbocycles. The number of aromatic nitrogens is 1. The maximum Gasteiger partial charge on any atom is 0.0866 e. The van der Waals surface area contributed by atoms with E-state index in [2.05, 4.69) is 4.98 Å². The third-order valence-electron chi connectivity index (χ3n) is 0.496. The van der Waals surface area contributed by atoms with Crippen molar-refractivity contribution >= 4 is 0 Å². The van der Waals surface area contributed by atoms with Crippen LogP contribution in [0, 0.1) is 0 Å². The first-order valence-electron chi connectivity index (χ1n) is 2.55. The molecule has 1 aromatic heterocycles. The van der Waals surface area contributed by atoms with E-state index < -0.39 is 0 Å². The van der Waals surface area contributed by atoms with Crippen LogP contribution in [0.15, 0.2) is 24.5 Å². The van der Waals surface area contributed by atoms with Gasteiger partial charge in [0.05, 0.1) is 6.67 Å². The Morgan fingerprint density at radius 3 is 1.88 bits per heavy atom. The van der Waals surface area contributed by atoms with Crippen LogP contribution >= 0.6 is 0 Å². The molecule has 0 aromatic carbocycles. The number of nitrogens with one attached hydrogen (secondary N) is 1. The van der Waals surface area contributed by atoms with E-state index >= 15 is 0 Å². The number of hydrogen-bond donors (Lipinski definition) is 1. The van der Waals surface area contributed by atoms with Gasteiger partial charge in [-0.25, -0.2) is 0 Å². The van der Waals surface area contributed by atoms with Crippen molar-refractivity contribution in [1.82, 2.24) is 4.98 Å². The second kappa shape index (κ2) is 6.21. The maximum absolute atomic E-state index is 10.3. The molecule has 8 heavy (non-hydrogen) atoms. The van der Waals surface area contributed by atoms with Gasteiger partial charge in [-0.3, -0.25) is 4.39 Å². The zero-order valence-corrected chi connectivity index (χ0v) is 4.89. The lowest BCUT2D eigenvalue weighted by molar-refractivity contribution is 0.527. The molecule has 2 heteroatoms. The Balaban J connectivity index is 0.000000145. The molecule has 0 aliphatic carbocycles. The van der Waals surface area contributed by atoms with Crippen LogP contribution in [0.25, 0.3) is 0 Å². The molecule has 0 aliphatic rings. The van der Waals surface area contributed by atoms with Gasteiger partial charge in [0.15, 0.2) is 0 Å². The molecule has 0 amide bonds. The van der Waals surface area contributed by atoms with E-state index in [0.717, 1.165) is 0 Å². The highest BCUT2D eigenvalue weighted by Crippen LogP contribution is 1.72. The predicted molar refractivity (Wildman–Crippen MR) is 32.4 cm³/mol. The van der Waals surface area contributed by atoms with Crippen molar-refractivity contribution in [3.05, 3.63) is 24.5 Å². The van der Waals surface area contributed by atoms with Crippen molar-refractivity contribution in [2.75, 3.05) is 6.67 Å². The lowest BCUT2D eigenvalue weighted by atomic mass is 10.7. The summed E-state index contributed by atoms with van der Waals surface area (Å²) in [5.41, 5.74) is 0. The summed E-state index contributed by atoms with van der Waals surface area (Å²) < 4.78 is 10.3. The van der Waals surface area contributed by atoms with E-state index in [1.165, 1.54) is 6.92 Å². The number of hydrogen-bond acceptors (Lipinski definition) is 0. The van der Waals surface area contributed by atoms with Crippen molar-refractivity contribution in [3.63, 3.8) is 0 Å². The van der Waals surface area contributed by atoms with E-state index in [4.69, 9.17) is 0 Å². The van der Waals surface area contributed by atoms with Crippen molar-refractivity contribution in [2.45, 2.75) is 6.92 Å². The fraction of sp³-hybridized carbons (Fsp3) is 0.333. The molecule has 1 aromatic rings. The summed E-state index contributed by atoms with van der Waals surface area (Å²) in [7, 11) is 0. The van der Waals surface area contributed by atoms with Crippen molar-refractivity contribution in [3.8, 4) is 0 Å². The average molecular weight is 115 g/mol. The van der Waals surface area contributed by atoms with Crippen LogP contribution in [0.4, 0.5) is 4.39 Å². The molecule has 0 bridgehead atoms. The van der Waals surface area contributed by atoms with Gasteiger partial charge in [0.1, 0.15) is 0 Å². The lowest BCUT2D eigenvalue weighted by Crippen LogP contribution is -1.40. The molecule has 1 nitrogen and oxygen atoms in total. The number of H-pyrrole nitrogens is 1. The van der Waals surface area contributed by atoms with Crippen molar-refractivity contribution in [2.24, 2.45) is 0 Å². The van der Waals surface area contributed by atoms with Gasteiger partial charge in [-0.15, -0.1) is 0 Å². The maximum atomic E-state index is 10.3. The van der Waals surface area contributed by atoms with Gasteiger partial charge in [0, 0.05) is 12.4 Å². The van der Waals surface area contributed by atoms with Crippen molar-refractivity contribution in [1.29, 1.82) is 0 Å². The molecule has 0 atom stereocenters. The van der Waals surface area contributed by atoms with Gasteiger partial charge >= 0.3 is 0 Å². The largest absolute Gasteiger partial charge is 0.368 e. The molecule has 0 radical (unpaired) electrons. The molecular formula is C6H10FN. The SMILES string of the molecule is CCF.c1cc[nH]c1. The normalized spacial score (nSPS) is 7.25. The zero-order valence-electron chi connectivity index (χ0n) is 4.89. The predicted octanol–water partition coefficient (Wildman–Crippen LogP) is 1.99. The zero-order chi connectivity index (χ0) is 6.24. The molecule has 0 unspecified atom stereocenters. The summed E-state index contributed by atoms with van der Waals surface area (Å²) in [6, 6.07) is 3.89. The Kier molecular flexibility index (Phi) is 5.60. The minimum Gasteiger partial charge on any atom is -0.368 e. The second-order valence-corrected chi connectivity index (χ2v) is 1.15. The van der Waals surface area contributed by atoms with Crippen LogP contribution < -0.4 is 0 Å². The fourth-order valence-corrected chi connectivity index (χ4v) is 0.278. The van der Waals surface area contributed by atoms with Gasteiger partial charge in [-0.1, -0.05) is 0 Å². The summed E-state index contributed by atoms with van der Waals surface area (Å²) in [6.45, 7) is 1.21. The smallest absolute Gasteiger partial charge is 0.0866 e. The Morgan fingerprint density at radius 1 is 1.38 bits per heavy atom. The van der Waals surface area contributed by atoms with Gasteiger partial charge < -0.3 is 4.98 Å². The average Bonchev–Trinajstić information content (AvgIpc) is 2.17. The molecule has 1 heterocycles. The highest BCUT2D eigenvalue weighted by Gasteiger charge is 1.55. The standard InChI is InChI=1S/C4H5N.C2H5F/c1-2-4-5-3-1;1-2-3/h1-5H;2H2,1H3. The Hall–Kier alpha value is -0.790. The number of aromatic amines is 1. The van der Waals surface area contributed by atoms with E-state index in [-0.39, 0.29) is 6.67 Å². The summed E-state index contributed by atoms with van der Waals surface area (Å²) in [6.07, 6.45) is 3.75. The van der Waals surface area contributed by atoms with Crippen molar-refractivity contribution < 1.29 is 4.39 Å². The minimum absolute atomic E-state index is 0.250. The van der Waals surface area contributed by atoms with Crippen LogP contribution in [0.1, 0.15) is 6.92 Å². The summed E-state index contributed by atoms with van der Waals surface area (Å²) in [4.78, 5) is 2.86. The minimum atomic E-state index is -0.250. The first-order chi connectivity index (χ1) is 3.91. The first-order valence-corrected chi connectivity index (χ1v) is 2.55. The number of rotatable bonds is 0. The van der Waals surface area contributed by atoms with E-state index in [1.54, 1.807) is 0 Å². The third-order valence-corrected chi connectivity index (χ3v) is 0.496. The highest BCUT2D eigenvalue weighted by atomic mass is 19.1. The summed E-state index contributed by atoms with van der Waals surface area (Å²) in [5.74, 6) is 0. The van der Waals surface area contributed by atoms with Crippen LogP contribution in [0.3, 0.4) is 0 Å². The molecule has 0 fully saturated rings. The van der Waals surface area contributed by atoms with Crippen LogP contribution in [-0.2, 0) is 0 Å². The van der Waals surface area contributed by atoms with Crippen LogP contribution in [0.5, 0.6) is 0 Å². The molecule has 1 N–H and O–H groups in total. The monoisotopic (exact) mass is 115 g/mol. The Labute approximate surface area is 48.5 Å². The van der Waals surface area contributed by atoms with E-state index in [1.807, 2.05) is 24.5 Å². The van der Waals surface area contributed by atoms with E-state index in [9.17, 15) is 4.39 Å². The molecule has 0 saturated heterocycles. The molecule has 1 rings (SSSR count). The molecule has 0 aliphatic heterocycles. The number of halogens is 1. The van der Waals surface area contributed by atoms with Gasteiger partial charge in [-0.2, -0.15) is 0 Å². The molecular weight excluding hydrogens is 105 g/mol. The van der Waals surface area contributed by atoms with Crippen LogP contribution in [0.2, 0.25) is 0 Å². The van der Waals surface area contributed by atoms with Gasteiger partial charge in [0.25, 0.3) is 0 Å². The quantitative estimate of drug-likeness (QED) is 0.532. The fourth-order valence-electron chi connectivity index (χ4n) is 0.278. The number of alkyl halides is 1. The Bertz CT molecular complexity index is 75.4. The van der Waals surface area contributed by atoms with E-state index in [0.29, 0.717) is 0 Å². The van der Waals surface area contributed by atoms with Gasteiger partial charge in [0.2, 0.25) is 0 Å². The third kappa shape index (κ3) is 5.21. The highest BCUT2D eigenvalue weighted by molar-refractivity contribution is 4.84.